The second-order valence-electron chi connectivity index (χ2n) is 5.55. The number of carbonyl (C=O) groups excluding carboxylic acids is 1. The summed E-state index contributed by atoms with van der Waals surface area (Å²) in [5, 5.41) is 0. The molecule has 25 heavy (non-hydrogen) atoms. The number of rotatable bonds is 6. The minimum Gasteiger partial charge on any atom is -0.496 e. The van der Waals surface area contributed by atoms with Crippen LogP contribution in [0.4, 0.5) is 0 Å². The summed E-state index contributed by atoms with van der Waals surface area (Å²) in [6.45, 7) is 3.44. The van der Waals surface area contributed by atoms with Crippen molar-refractivity contribution in [2.75, 3.05) is 14.2 Å². The Morgan fingerprint density at radius 3 is 2.44 bits per heavy atom. The summed E-state index contributed by atoms with van der Waals surface area (Å²) in [7, 11) is -1.04. The maximum atomic E-state index is 12.7. The predicted octanol–water partition coefficient (Wildman–Crippen LogP) is 2.83. The summed E-state index contributed by atoms with van der Waals surface area (Å²) in [6.07, 6.45) is 0. The molecule has 0 bridgehead atoms. The number of nitrogens with one attached hydrogen (secondary N) is 1. The molecule has 0 radical (unpaired) electrons. The van der Waals surface area contributed by atoms with Crippen LogP contribution in [0.25, 0.3) is 0 Å². The van der Waals surface area contributed by atoms with Crippen LogP contribution in [0.1, 0.15) is 34.5 Å². The van der Waals surface area contributed by atoms with Crippen molar-refractivity contribution < 1.29 is 22.7 Å². The lowest BCUT2D eigenvalue weighted by Crippen LogP contribution is -2.27. The number of carbonyl (C=O) groups is 1. The molecule has 6 nitrogen and oxygen atoms in total. The van der Waals surface area contributed by atoms with E-state index in [1.54, 1.807) is 32.0 Å². The van der Waals surface area contributed by atoms with Crippen LogP contribution in [0.15, 0.2) is 47.4 Å². The Morgan fingerprint density at radius 2 is 1.80 bits per heavy atom. The van der Waals surface area contributed by atoms with Gasteiger partial charge in [0.1, 0.15) is 5.75 Å². The molecule has 2 rings (SSSR count). The van der Waals surface area contributed by atoms with E-state index in [0.29, 0.717) is 16.9 Å². The van der Waals surface area contributed by atoms with Gasteiger partial charge in [-0.05, 0) is 37.6 Å². The van der Waals surface area contributed by atoms with Gasteiger partial charge < -0.3 is 9.47 Å². The van der Waals surface area contributed by atoms with E-state index < -0.39 is 22.0 Å². The standard InChI is InChI=1S/C18H21NO5S/c1-12-9-10-14(11-16(12)18(20)24-4)25(21,22)19-13(2)15-7-5-6-8-17(15)23-3/h5-11,13,19H,1-4H3. The van der Waals surface area contributed by atoms with E-state index in [-0.39, 0.29) is 10.5 Å². The first kappa shape index (κ1) is 19.0. The monoisotopic (exact) mass is 363 g/mol. The van der Waals surface area contributed by atoms with Crippen molar-refractivity contribution in [3.05, 3.63) is 59.2 Å². The van der Waals surface area contributed by atoms with Gasteiger partial charge in [0.2, 0.25) is 10.0 Å². The maximum absolute atomic E-state index is 12.7. The number of methoxy groups -OCH3 is 2. The lowest BCUT2D eigenvalue weighted by molar-refractivity contribution is 0.0599. The zero-order valence-electron chi connectivity index (χ0n) is 14.6. The molecular weight excluding hydrogens is 342 g/mol. The highest BCUT2D eigenvalue weighted by atomic mass is 32.2. The summed E-state index contributed by atoms with van der Waals surface area (Å²) in [6, 6.07) is 11.0. The normalized spacial score (nSPS) is 12.5. The average molecular weight is 363 g/mol. The van der Waals surface area contributed by atoms with Crippen molar-refractivity contribution in [3.63, 3.8) is 0 Å². The Kier molecular flexibility index (Phi) is 5.81. The summed E-state index contributed by atoms with van der Waals surface area (Å²) in [5.41, 5.74) is 1.58. The number of para-hydroxylation sites is 1. The smallest absolute Gasteiger partial charge is 0.338 e. The molecule has 1 N–H and O–H groups in total. The third kappa shape index (κ3) is 4.18. The van der Waals surface area contributed by atoms with Crippen molar-refractivity contribution in [2.24, 2.45) is 0 Å². The lowest BCUT2D eigenvalue weighted by Gasteiger charge is -2.17. The van der Waals surface area contributed by atoms with Crippen LogP contribution >= 0.6 is 0 Å². The van der Waals surface area contributed by atoms with E-state index in [9.17, 15) is 13.2 Å². The third-order valence-electron chi connectivity index (χ3n) is 3.86. The fourth-order valence-electron chi connectivity index (χ4n) is 2.49. The summed E-state index contributed by atoms with van der Waals surface area (Å²) < 4.78 is 37.9. The van der Waals surface area contributed by atoms with Gasteiger partial charge >= 0.3 is 5.97 Å². The molecule has 0 heterocycles. The zero-order chi connectivity index (χ0) is 18.6. The highest BCUT2D eigenvalue weighted by Crippen LogP contribution is 2.26. The van der Waals surface area contributed by atoms with Crippen molar-refractivity contribution in [2.45, 2.75) is 24.8 Å². The van der Waals surface area contributed by atoms with E-state index in [0.717, 1.165) is 0 Å². The molecule has 134 valence electrons. The van der Waals surface area contributed by atoms with Crippen molar-refractivity contribution in [1.29, 1.82) is 0 Å². The molecule has 1 unspecified atom stereocenters. The van der Waals surface area contributed by atoms with E-state index in [1.807, 2.05) is 12.1 Å². The van der Waals surface area contributed by atoms with Crippen LogP contribution in [0.3, 0.4) is 0 Å². The average Bonchev–Trinajstić information content (AvgIpc) is 2.60. The molecule has 0 amide bonds. The van der Waals surface area contributed by atoms with Gasteiger partial charge in [-0.2, -0.15) is 0 Å². The van der Waals surface area contributed by atoms with Crippen LogP contribution in [-0.4, -0.2) is 28.6 Å². The number of aryl methyl sites for hydroxylation is 1. The number of esters is 1. The molecule has 7 heteroatoms. The van der Waals surface area contributed by atoms with E-state index in [4.69, 9.17) is 9.47 Å². The van der Waals surface area contributed by atoms with Crippen molar-refractivity contribution in [1.82, 2.24) is 4.72 Å². The van der Waals surface area contributed by atoms with E-state index in [2.05, 4.69) is 4.72 Å². The van der Waals surface area contributed by atoms with Crippen LogP contribution in [-0.2, 0) is 14.8 Å². The molecule has 0 aromatic heterocycles. The Morgan fingerprint density at radius 1 is 1.12 bits per heavy atom. The number of benzene rings is 2. The van der Waals surface area contributed by atoms with Gasteiger partial charge in [-0.3, -0.25) is 0 Å². The fraction of sp³-hybridized carbons (Fsp3) is 0.278. The second-order valence-corrected chi connectivity index (χ2v) is 7.27. The first-order valence-corrected chi connectivity index (χ1v) is 9.12. The molecule has 0 aliphatic rings. The number of hydrogen-bond donors (Lipinski definition) is 1. The highest BCUT2D eigenvalue weighted by molar-refractivity contribution is 7.89. The molecule has 0 fully saturated rings. The second kappa shape index (κ2) is 7.67. The van der Waals surface area contributed by atoms with Crippen LogP contribution in [0, 0.1) is 6.92 Å². The van der Waals surface area contributed by atoms with Crippen LogP contribution < -0.4 is 9.46 Å². The SMILES string of the molecule is COC(=O)c1cc(S(=O)(=O)NC(C)c2ccccc2OC)ccc1C. The van der Waals surface area contributed by atoms with E-state index in [1.165, 1.54) is 26.4 Å². The molecule has 0 spiro atoms. The number of hydrogen-bond acceptors (Lipinski definition) is 5. The minimum atomic E-state index is -3.83. The Balaban J connectivity index is 2.34. The largest absolute Gasteiger partial charge is 0.496 e. The van der Waals surface area contributed by atoms with Crippen molar-refractivity contribution in [3.8, 4) is 5.75 Å². The Labute approximate surface area is 147 Å². The highest BCUT2D eigenvalue weighted by Gasteiger charge is 2.22. The van der Waals surface area contributed by atoms with Crippen LogP contribution in [0.2, 0.25) is 0 Å². The molecule has 1 atom stereocenters. The molecule has 0 saturated carbocycles. The topological polar surface area (TPSA) is 81.7 Å². The molecule has 2 aromatic carbocycles. The van der Waals surface area contributed by atoms with Crippen LogP contribution in [0.5, 0.6) is 5.75 Å². The predicted molar refractivity (Wildman–Crippen MR) is 94.2 cm³/mol. The van der Waals surface area contributed by atoms with Gasteiger partial charge in [-0.25, -0.2) is 17.9 Å². The number of ether oxygens (including phenoxy) is 2. The maximum Gasteiger partial charge on any atom is 0.338 e. The fourth-order valence-corrected chi connectivity index (χ4v) is 3.74. The molecule has 0 aliphatic heterocycles. The quantitative estimate of drug-likeness (QED) is 0.798. The third-order valence-corrected chi connectivity index (χ3v) is 5.40. The molecular formula is C18H21NO5S. The van der Waals surface area contributed by atoms with Crippen molar-refractivity contribution >= 4 is 16.0 Å². The number of sulfonamides is 1. The molecule has 0 aliphatic carbocycles. The summed E-state index contributed by atoms with van der Waals surface area (Å²) in [5.74, 6) is 0.0178. The van der Waals surface area contributed by atoms with Gasteiger partial charge in [0.05, 0.1) is 24.7 Å². The van der Waals surface area contributed by atoms with Gasteiger partial charge in [0.25, 0.3) is 0 Å². The lowest BCUT2D eigenvalue weighted by atomic mass is 10.1. The molecule has 0 saturated heterocycles. The first-order valence-electron chi connectivity index (χ1n) is 7.64. The zero-order valence-corrected chi connectivity index (χ0v) is 15.4. The minimum absolute atomic E-state index is 0.000230. The molecule has 2 aromatic rings. The van der Waals surface area contributed by atoms with Gasteiger partial charge in [0.15, 0.2) is 0 Å². The summed E-state index contributed by atoms with van der Waals surface area (Å²) in [4.78, 5) is 11.8. The van der Waals surface area contributed by atoms with Gasteiger partial charge in [0, 0.05) is 11.6 Å². The van der Waals surface area contributed by atoms with E-state index >= 15 is 0 Å². The van der Waals surface area contributed by atoms with Gasteiger partial charge in [-0.1, -0.05) is 24.3 Å². The Bertz CT molecular complexity index is 877. The summed E-state index contributed by atoms with van der Waals surface area (Å²) >= 11 is 0. The first-order chi connectivity index (χ1) is 11.8. The van der Waals surface area contributed by atoms with Gasteiger partial charge in [-0.15, -0.1) is 0 Å². The Hall–Kier alpha value is -2.38.